The quantitative estimate of drug-likeness (QED) is 0.607. The Balaban J connectivity index is 0.000000228. The molecule has 2 aromatic rings. The third-order valence-electron chi connectivity index (χ3n) is 4.31. The molecule has 0 saturated carbocycles. The van der Waals surface area contributed by atoms with Crippen LogP contribution in [0, 0.1) is 13.8 Å². The second kappa shape index (κ2) is 10.7. The van der Waals surface area contributed by atoms with E-state index < -0.39 is 0 Å². The summed E-state index contributed by atoms with van der Waals surface area (Å²) >= 11 is 3.51. The van der Waals surface area contributed by atoms with Crippen molar-refractivity contribution in [3.05, 3.63) is 63.6 Å². The molecular formula is C21H29BrN2O2. The number of halogens is 1. The lowest BCUT2D eigenvalue weighted by Crippen LogP contribution is -2.42. The predicted molar refractivity (Wildman–Crippen MR) is 112 cm³/mol. The number of piperidine rings is 1. The molecule has 1 aliphatic heterocycles. The van der Waals surface area contributed by atoms with E-state index in [0.29, 0.717) is 6.42 Å². The van der Waals surface area contributed by atoms with Gasteiger partial charge in [-0.05, 0) is 62.6 Å². The smallest absolute Gasteiger partial charge is 0.0585 e. The van der Waals surface area contributed by atoms with Crippen LogP contribution in [-0.4, -0.2) is 35.5 Å². The Morgan fingerprint density at radius 3 is 2.58 bits per heavy atom. The minimum Gasteiger partial charge on any atom is -0.395 e. The number of aliphatic hydroxyl groups excluding tert-OH is 2. The summed E-state index contributed by atoms with van der Waals surface area (Å²) in [7, 11) is 0. The van der Waals surface area contributed by atoms with Crippen LogP contribution in [0.4, 0.5) is 5.69 Å². The third-order valence-corrected chi connectivity index (χ3v) is 4.77. The van der Waals surface area contributed by atoms with Gasteiger partial charge in [-0.1, -0.05) is 45.8 Å². The van der Waals surface area contributed by atoms with E-state index in [0.717, 1.165) is 29.7 Å². The van der Waals surface area contributed by atoms with Crippen molar-refractivity contribution < 1.29 is 10.2 Å². The van der Waals surface area contributed by atoms with E-state index >= 15 is 0 Å². The van der Waals surface area contributed by atoms with Crippen molar-refractivity contribution in [1.82, 2.24) is 5.32 Å². The zero-order valence-electron chi connectivity index (χ0n) is 15.5. The van der Waals surface area contributed by atoms with Crippen molar-refractivity contribution >= 4 is 21.6 Å². The predicted octanol–water partition coefficient (Wildman–Crippen LogP) is 3.77. The van der Waals surface area contributed by atoms with Crippen LogP contribution in [0.15, 0.2) is 46.9 Å². The summed E-state index contributed by atoms with van der Waals surface area (Å²) in [6.07, 6.45) is 1.30. The summed E-state index contributed by atoms with van der Waals surface area (Å²) in [6.45, 7) is 6.04. The molecule has 0 aliphatic carbocycles. The average Bonchev–Trinajstić information content (AvgIpc) is 2.60. The number of hydrogen-bond acceptors (Lipinski definition) is 4. The van der Waals surface area contributed by atoms with E-state index in [-0.39, 0.29) is 18.8 Å². The first-order valence-electron chi connectivity index (χ1n) is 9.05. The molecular weight excluding hydrogens is 392 g/mol. The SMILES string of the molecule is Cc1cccc(CNc2cc(C)cc(Br)c2)c1.OCC1CC(O)CCN1. The molecule has 0 amide bonds. The Morgan fingerprint density at radius 1 is 1.15 bits per heavy atom. The highest BCUT2D eigenvalue weighted by Gasteiger charge is 2.17. The lowest BCUT2D eigenvalue weighted by atomic mass is 10.0. The highest BCUT2D eigenvalue weighted by atomic mass is 79.9. The summed E-state index contributed by atoms with van der Waals surface area (Å²) in [4.78, 5) is 0. The Labute approximate surface area is 164 Å². The largest absolute Gasteiger partial charge is 0.395 e. The monoisotopic (exact) mass is 420 g/mol. The van der Waals surface area contributed by atoms with E-state index in [9.17, 15) is 0 Å². The molecule has 2 unspecified atom stereocenters. The van der Waals surface area contributed by atoms with Crippen LogP contribution in [0.5, 0.6) is 0 Å². The summed E-state index contributed by atoms with van der Waals surface area (Å²) in [5.74, 6) is 0. The maximum atomic E-state index is 9.06. The van der Waals surface area contributed by atoms with Crippen LogP contribution < -0.4 is 10.6 Å². The van der Waals surface area contributed by atoms with E-state index in [2.05, 4.69) is 82.9 Å². The lowest BCUT2D eigenvalue weighted by Gasteiger charge is -2.25. The molecule has 1 heterocycles. The first kappa shape index (κ1) is 20.9. The van der Waals surface area contributed by atoms with Crippen molar-refractivity contribution in [3.8, 4) is 0 Å². The van der Waals surface area contributed by atoms with Gasteiger partial charge in [-0.15, -0.1) is 0 Å². The molecule has 0 aromatic heterocycles. The standard InChI is InChI=1S/C15H16BrN.C6H13NO2/c1-11-4-3-5-13(6-11)10-17-15-8-12(2)7-14(16)9-15;8-4-5-3-6(9)1-2-7-5/h3-9,17H,10H2,1-2H3;5-9H,1-4H2. The molecule has 1 aliphatic rings. The molecule has 0 radical (unpaired) electrons. The Hall–Kier alpha value is -1.40. The summed E-state index contributed by atoms with van der Waals surface area (Å²) in [5, 5.41) is 24.2. The van der Waals surface area contributed by atoms with Crippen LogP contribution in [0.1, 0.15) is 29.5 Å². The summed E-state index contributed by atoms with van der Waals surface area (Å²) in [5.41, 5.74) is 5.02. The number of anilines is 1. The molecule has 142 valence electrons. The van der Waals surface area contributed by atoms with Crippen molar-refractivity contribution in [3.63, 3.8) is 0 Å². The van der Waals surface area contributed by atoms with Crippen molar-refractivity contribution in [1.29, 1.82) is 0 Å². The van der Waals surface area contributed by atoms with Gasteiger partial charge in [-0.2, -0.15) is 0 Å². The Morgan fingerprint density at radius 2 is 1.96 bits per heavy atom. The number of aryl methyl sites for hydroxylation is 2. The fraction of sp³-hybridized carbons (Fsp3) is 0.429. The van der Waals surface area contributed by atoms with Crippen LogP contribution in [0.25, 0.3) is 0 Å². The van der Waals surface area contributed by atoms with E-state index in [1.54, 1.807) is 0 Å². The molecule has 0 bridgehead atoms. The molecule has 1 fully saturated rings. The number of aliphatic hydroxyl groups is 2. The lowest BCUT2D eigenvalue weighted by molar-refractivity contribution is 0.0956. The van der Waals surface area contributed by atoms with Crippen LogP contribution in [0.3, 0.4) is 0 Å². The van der Waals surface area contributed by atoms with E-state index in [1.807, 2.05) is 0 Å². The van der Waals surface area contributed by atoms with Gasteiger partial charge in [-0.3, -0.25) is 0 Å². The van der Waals surface area contributed by atoms with Gasteiger partial charge in [0, 0.05) is 22.7 Å². The van der Waals surface area contributed by atoms with Crippen LogP contribution in [0.2, 0.25) is 0 Å². The molecule has 0 spiro atoms. The second-order valence-electron chi connectivity index (χ2n) is 6.87. The van der Waals surface area contributed by atoms with Gasteiger partial charge < -0.3 is 20.8 Å². The topological polar surface area (TPSA) is 64.5 Å². The van der Waals surface area contributed by atoms with Crippen molar-refractivity contribution in [2.45, 2.75) is 45.4 Å². The molecule has 5 heteroatoms. The zero-order chi connectivity index (χ0) is 18.9. The Kier molecular flexibility index (Phi) is 8.59. The fourth-order valence-electron chi connectivity index (χ4n) is 2.99. The van der Waals surface area contributed by atoms with Crippen LogP contribution >= 0.6 is 15.9 Å². The average molecular weight is 421 g/mol. The van der Waals surface area contributed by atoms with Gasteiger partial charge in [0.15, 0.2) is 0 Å². The molecule has 1 saturated heterocycles. The Bertz CT molecular complexity index is 673. The maximum absolute atomic E-state index is 9.06. The van der Waals surface area contributed by atoms with Gasteiger partial charge in [0.2, 0.25) is 0 Å². The number of hydrogen-bond donors (Lipinski definition) is 4. The van der Waals surface area contributed by atoms with Crippen molar-refractivity contribution in [2.75, 3.05) is 18.5 Å². The minimum atomic E-state index is -0.205. The summed E-state index contributed by atoms with van der Waals surface area (Å²) < 4.78 is 1.12. The number of rotatable bonds is 4. The fourth-order valence-corrected chi connectivity index (χ4v) is 3.60. The first-order chi connectivity index (χ1) is 12.5. The first-order valence-corrected chi connectivity index (χ1v) is 9.84. The molecule has 4 nitrogen and oxygen atoms in total. The van der Waals surface area contributed by atoms with E-state index in [4.69, 9.17) is 10.2 Å². The van der Waals surface area contributed by atoms with Gasteiger partial charge in [-0.25, -0.2) is 0 Å². The molecule has 26 heavy (non-hydrogen) atoms. The third kappa shape index (κ3) is 7.46. The summed E-state index contributed by atoms with van der Waals surface area (Å²) in [6, 6.07) is 15.0. The van der Waals surface area contributed by atoms with Gasteiger partial charge >= 0.3 is 0 Å². The second-order valence-corrected chi connectivity index (χ2v) is 7.79. The highest BCUT2D eigenvalue weighted by molar-refractivity contribution is 9.10. The van der Waals surface area contributed by atoms with Gasteiger partial charge in [0.25, 0.3) is 0 Å². The maximum Gasteiger partial charge on any atom is 0.0585 e. The normalized spacial score (nSPS) is 19.4. The molecule has 2 atom stereocenters. The van der Waals surface area contributed by atoms with Crippen molar-refractivity contribution in [2.24, 2.45) is 0 Å². The number of nitrogens with one attached hydrogen (secondary N) is 2. The zero-order valence-corrected chi connectivity index (χ0v) is 17.1. The van der Waals surface area contributed by atoms with Gasteiger partial charge in [0.05, 0.1) is 12.7 Å². The molecule has 3 rings (SSSR count). The van der Waals surface area contributed by atoms with E-state index in [1.165, 1.54) is 16.7 Å². The van der Waals surface area contributed by atoms with Crippen LogP contribution in [-0.2, 0) is 6.54 Å². The highest BCUT2D eigenvalue weighted by Crippen LogP contribution is 2.19. The molecule has 4 N–H and O–H groups in total. The number of benzene rings is 2. The minimum absolute atomic E-state index is 0.119. The van der Waals surface area contributed by atoms with Gasteiger partial charge in [0.1, 0.15) is 0 Å². The molecule has 2 aromatic carbocycles.